The quantitative estimate of drug-likeness (QED) is 0.758. The third kappa shape index (κ3) is 2.24. The van der Waals surface area contributed by atoms with E-state index < -0.39 is 0 Å². The van der Waals surface area contributed by atoms with Crippen molar-refractivity contribution >= 4 is 23.3 Å². The fraction of sp³-hybridized carbons (Fsp3) is 0.444. The van der Waals surface area contributed by atoms with Gasteiger partial charge in [-0.1, -0.05) is 18.2 Å². The normalized spacial score (nSPS) is 30.6. The Bertz CT molecular complexity index is 674. The molecule has 2 bridgehead atoms. The van der Waals surface area contributed by atoms with Crippen molar-refractivity contribution < 1.29 is 0 Å². The van der Waals surface area contributed by atoms with Crippen molar-refractivity contribution in [1.29, 1.82) is 0 Å². The van der Waals surface area contributed by atoms with Crippen LogP contribution in [0.4, 0.5) is 0 Å². The Morgan fingerprint density at radius 1 is 1.09 bits per heavy atom. The monoisotopic (exact) mass is 328 g/mol. The zero-order valence-electron chi connectivity index (χ0n) is 12.6. The molecule has 3 saturated heterocycles. The van der Waals surface area contributed by atoms with Gasteiger partial charge < -0.3 is 4.90 Å². The van der Waals surface area contributed by atoms with Gasteiger partial charge in [0.25, 0.3) is 0 Å². The third-order valence-corrected chi connectivity index (χ3v) is 7.54. The molecule has 114 valence electrons. The van der Waals surface area contributed by atoms with Crippen molar-refractivity contribution in [1.82, 2.24) is 9.21 Å². The van der Waals surface area contributed by atoms with E-state index in [9.17, 15) is 0 Å². The molecular formula is C18H20N2S2. The van der Waals surface area contributed by atoms with Gasteiger partial charge in [-0.05, 0) is 72.4 Å². The SMILES string of the molecule is c1csc(-c2ccc3c(c2)SN([C@@H]2CN4CCC2CC4)C3)c1. The van der Waals surface area contributed by atoms with Gasteiger partial charge in [-0.3, -0.25) is 0 Å². The van der Waals surface area contributed by atoms with E-state index >= 15 is 0 Å². The molecule has 2 aromatic rings. The Labute approximate surface area is 140 Å². The molecule has 1 atom stereocenters. The summed E-state index contributed by atoms with van der Waals surface area (Å²) in [5.74, 6) is 0.920. The molecule has 0 N–H and O–H groups in total. The standard InChI is InChI=1S/C18H20N2S2/c1-2-17(21-9-1)14-3-4-15-11-20(22-18(15)10-14)16-12-19-7-5-13(16)6-8-19/h1-4,9-10,13,16H,5-8,11-12H2/t16-/m1/s1. The van der Waals surface area contributed by atoms with Crippen LogP contribution in [0.15, 0.2) is 40.6 Å². The van der Waals surface area contributed by atoms with Gasteiger partial charge in [0.2, 0.25) is 0 Å². The lowest BCUT2D eigenvalue weighted by atomic mass is 9.84. The number of hydrogen-bond donors (Lipinski definition) is 0. The first kappa shape index (κ1) is 13.6. The summed E-state index contributed by atoms with van der Waals surface area (Å²) in [6.07, 6.45) is 2.80. The summed E-state index contributed by atoms with van der Waals surface area (Å²) in [7, 11) is 0. The highest BCUT2D eigenvalue weighted by molar-refractivity contribution is 7.97. The second kappa shape index (κ2) is 5.38. The second-order valence-corrected chi connectivity index (χ2v) is 8.71. The zero-order chi connectivity index (χ0) is 14.5. The highest BCUT2D eigenvalue weighted by Gasteiger charge is 2.39. The first-order chi connectivity index (χ1) is 10.9. The van der Waals surface area contributed by atoms with Crippen molar-refractivity contribution in [3.05, 3.63) is 41.3 Å². The summed E-state index contributed by atoms with van der Waals surface area (Å²) in [5, 5.41) is 2.16. The van der Waals surface area contributed by atoms with E-state index in [-0.39, 0.29) is 0 Å². The zero-order valence-corrected chi connectivity index (χ0v) is 14.2. The molecule has 6 rings (SSSR count). The van der Waals surface area contributed by atoms with E-state index in [4.69, 9.17) is 0 Å². The maximum absolute atomic E-state index is 2.67. The van der Waals surface area contributed by atoms with Crippen LogP contribution < -0.4 is 0 Å². The number of hydrogen-bond acceptors (Lipinski definition) is 4. The number of thiophene rings is 1. The van der Waals surface area contributed by atoms with E-state index in [1.165, 1.54) is 53.4 Å². The maximum Gasteiger partial charge on any atom is 0.0366 e. The molecule has 1 aromatic carbocycles. The van der Waals surface area contributed by atoms with Crippen LogP contribution in [0.1, 0.15) is 18.4 Å². The molecule has 2 nitrogen and oxygen atoms in total. The highest BCUT2D eigenvalue weighted by Crippen LogP contribution is 2.44. The minimum Gasteiger partial charge on any atom is -0.302 e. The predicted octanol–water partition coefficient (Wildman–Crippen LogP) is 4.33. The largest absolute Gasteiger partial charge is 0.302 e. The van der Waals surface area contributed by atoms with Crippen molar-refractivity contribution in [2.45, 2.75) is 30.3 Å². The number of rotatable bonds is 2. The summed E-state index contributed by atoms with van der Waals surface area (Å²) < 4.78 is 2.67. The van der Waals surface area contributed by atoms with Crippen LogP contribution in [0.25, 0.3) is 10.4 Å². The summed E-state index contributed by atoms with van der Waals surface area (Å²) in [6.45, 7) is 5.06. The van der Waals surface area contributed by atoms with E-state index in [1.54, 1.807) is 0 Å². The van der Waals surface area contributed by atoms with Gasteiger partial charge in [0.05, 0.1) is 0 Å². The lowest BCUT2D eigenvalue weighted by Crippen LogP contribution is -2.54. The molecule has 0 unspecified atom stereocenters. The molecule has 1 aromatic heterocycles. The first-order valence-electron chi connectivity index (χ1n) is 8.20. The maximum atomic E-state index is 2.67. The summed E-state index contributed by atoms with van der Waals surface area (Å²) in [4.78, 5) is 5.51. The van der Waals surface area contributed by atoms with Crippen LogP contribution >= 0.6 is 23.3 Å². The second-order valence-electron chi connectivity index (χ2n) is 6.67. The Morgan fingerprint density at radius 3 is 2.73 bits per heavy atom. The van der Waals surface area contributed by atoms with Gasteiger partial charge in [-0.2, -0.15) is 0 Å². The van der Waals surface area contributed by atoms with Gasteiger partial charge in [-0.25, -0.2) is 4.31 Å². The van der Waals surface area contributed by atoms with Crippen molar-refractivity contribution in [3.63, 3.8) is 0 Å². The molecule has 5 heterocycles. The predicted molar refractivity (Wildman–Crippen MR) is 94.1 cm³/mol. The number of benzene rings is 1. The molecule has 4 heteroatoms. The average Bonchev–Trinajstić information content (AvgIpc) is 3.24. The van der Waals surface area contributed by atoms with Crippen molar-refractivity contribution in [3.8, 4) is 10.4 Å². The molecular weight excluding hydrogens is 308 g/mol. The van der Waals surface area contributed by atoms with E-state index in [0.29, 0.717) is 0 Å². The Morgan fingerprint density at radius 2 is 2.00 bits per heavy atom. The first-order valence-corrected chi connectivity index (χ1v) is 9.86. The third-order valence-electron chi connectivity index (χ3n) is 5.41. The summed E-state index contributed by atoms with van der Waals surface area (Å²) >= 11 is 3.84. The lowest BCUT2D eigenvalue weighted by molar-refractivity contribution is 0.0420. The van der Waals surface area contributed by atoms with Crippen LogP contribution in [0, 0.1) is 5.92 Å². The van der Waals surface area contributed by atoms with Gasteiger partial charge >= 0.3 is 0 Å². The van der Waals surface area contributed by atoms with E-state index in [2.05, 4.69) is 44.9 Å². The van der Waals surface area contributed by atoms with Gasteiger partial charge in [0.15, 0.2) is 0 Å². The molecule has 4 aliphatic rings. The average molecular weight is 329 g/mol. The minimum atomic E-state index is 0.755. The number of fused-ring (bicyclic) bond motifs is 4. The number of nitrogens with zero attached hydrogens (tertiary/aromatic N) is 2. The van der Waals surface area contributed by atoms with Crippen LogP contribution in [0.2, 0.25) is 0 Å². The van der Waals surface area contributed by atoms with Gasteiger partial charge in [0.1, 0.15) is 0 Å². The Hall–Kier alpha value is -0.810. The fourth-order valence-corrected chi connectivity index (χ4v) is 6.12. The van der Waals surface area contributed by atoms with Crippen molar-refractivity contribution in [2.75, 3.05) is 19.6 Å². The topological polar surface area (TPSA) is 6.48 Å². The van der Waals surface area contributed by atoms with E-state index in [0.717, 1.165) is 18.5 Å². The van der Waals surface area contributed by atoms with Crippen LogP contribution in [-0.2, 0) is 6.54 Å². The summed E-state index contributed by atoms with van der Waals surface area (Å²) in [6, 6.07) is 12.2. The molecule has 0 spiro atoms. The molecule has 0 aliphatic carbocycles. The van der Waals surface area contributed by atoms with Crippen LogP contribution in [0.3, 0.4) is 0 Å². The molecule has 22 heavy (non-hydrogen) atoms. The summed E-state index contributed by atoms with van der Waals surface area (Å²) in [5.41, 5.74) is 2.89. The molecule has 4 aliphatic heterocycles. The number of piperidine rings is 3. The molecule has 3 fully saturated rings. The van der Waals surface area contributed by atoms with Crippen molar-refractivity contribution in [2.24, 2.45) is 5.92 Å². The fourth-order valence-electron chi connectivity index (χ4n) is 4.14. The smallest absolute Gasteiger partial charge is 0.0366 e. The van der Waals surface area contributed by atoms with Gasteiger partial charge in [-0.15, -0.1) is 11.3 Å². The Kier molecular flexibility index (Phi) is 3.33. The molecule has 0 amide bonds. The molecule has 0 saturated carbocycles. The molecule has 0 radical (unpaired) electrons. The Balaban J connectivity index is 1.39. The van der Waals surface area contributed by atoms with Crippen LogP contribution in [-0.4, -0.2) is 34.9 Å². The van der Waals surface area contributed by atoms with Crippen LogP contribution in [0.5, 0.6) is 0 Å². The van der Waals surface area contributed by atoms with Gasteiger partial charge in [0, 0.05) is 28.9 Å². The lowest BCUT2D eigenvalue weighted by Gasteiger charge is -2.47. The minimum absolute atomic E-state index is 0.755. The highest BCUT2D eigenvalue weighted by atomic mass is 32.2. The van der Waals surface area contributed by atoms with E-state index in [1.807, 2.05) is 23.3 Å².